The van der Waals surface area contributed by atoms with E-state index in [1.54, 1.807) is 24.8 Å². The van der Waals surface area contributed by atoms with Gasteiger partial charge < -0.3 is 24.0 Å². The zero-order chi connectivity index (χ0) is 23.2. The Kier molecular flexibility index (Phi) is 5.51. The van der Waals surface area contributed by atoms with Crippen LogP contribution in [0, 0.1) is 0 Å². The van der Waals surface area contributed by atoms with Gasteiger partial charge in [0.05, 0.1) is 63.5 Å². The molecule has 0 bridgehead atoms. The number of rotatable bonds is 5. The maximum atomic E-state index is 13.3. The zero-order valence-electron chi connectivity index (χ0n) is 19.5. The van der Waals surface area contributed by atoms with E-state index >= 15 is 0 Å². The third-order valence-electron chi connectivity index (χ3n) is 7.15. The van der Waals surface area contributed by atoms with Crippen LogP contribution < -0.4 is 20.1 Å². The molecule has 2 aliphatic heterocycles. The number of hydrogen-bond acceptors (Lipinski definition) is 8. The summed E-state index contributed by atoms with van der Waals surface area (Å²) >= 11 is 1.68. The van der Waals surface area contributed by atoms with Gasteiger partial charge in [0.15, 0.2) is 11.4 Å². The number of benzene rings is 1. The van der Waals surface area contributed by atoms with Crippen LogP contribution in [0.15, 0.2) is 33.8 Å². The van der Waals surface area contributed by atoms with Gasteiger partial charge in [-0.3, -0.25) is 9.36 Å². The van der Waals surface area contributed by atoms with Crippen molar-refractivity contribution in [2.75, 3.05) is 58.3 Å². The van der Waals surface area contributed by atoms with Gasteiger partial charge in [0.1, 0.15) is 10.6 Å². The lowest BCUT2D eigenvalue weighted by Crippen LogP contribution is -3.15. The lowest BCUT2D eigenvalue weighted by molar-refractivity contribution is -0.901. The van der Waals surface area contributed by atoms with Gasteiger partial charge in [0, 0.05) is 18.0 Å². The van der Waals surface area contributed by atoms with Gasteiger partial charge in [0.25, 0.3) is 5.56 Å². The molecular weight excluding hydrogens is 452 g/mol. The molecule has 0 unspecified atom stereocenters. The molecule has 178 valence electrons. The molecule has 1 N–H and O–H groups in total. The molecule has 0 amide bonds. The first kappa shape index (κ1) is 21.6. The number of quaternary nitrogens is 1. The number of likely N-dealkylation sites (N-methyl/N-ethyl adjacent to an activating group) is 1. The van der Waals surface area contributed by atoms with Gasteiger partial charge in [0.2, 0.25) is 0 Å². The van der Waals surface area contributed by atoms with Crippen LogP contribution in [-0.2, 0) is 19.5 Å². The Hall–Kier alpha value is -2.95. The largest absolute Gasteiger partial charge is 0.497 e. The molecule has 10 heteroatoms. The molecule has 9 nitrogen and oxygen atoms in total. The topological polar surface area (TPSA) is 81.1 Å². The number of hydrogen-bond donors (Lipinski definition) is 1. The fourth-order valence-electron chi connectivity index (χ4n) is 5.13. The predicted octanol–water partition coefficient (Wildman–Crippen LogP) is 1.00. The van der Waals surface area contributed by atoms with E-state index in [2.05, 4.69) is 27.0 Å². The van der Waals surface area contributed by atoms with E-state index in [4.69, 9.17) is 9.26 Å². The third-order valence-corrected chi connectivity index (χ3v) is 8.28. The molecule has 0 radical (unpaired) electrons. The van der Waals surface area contributed by atoms with Crippen LogP contribution >= 0.6 is 11.3 Å². The molecule has 2 aliphatic rings. The van der Waals surface area contributed by atoms with E-state index in [1.165, 1.54) is 15.3 Å². The minimum atomic E-state index is 0.119. The first-order valence-electron chi connectivity index (χ1n) is 11.8. The highest BCUT2D eigenvalue weighted by atomic mass is 32.1. The minimum Gasteiger partial charge on any atom is -0.497 e. The van der Waals surface area contributed by atoms with Crippen molar-refractivity contribution < 1.29 is 14.2 Å². The monoisotopic (exact) mass is 481 g/mol. The van der Waals surface area contributed by atoms with Crippen LogP contribution in [0.3, 0.4) is 0 Å². The van der Waals surface area contributed by atoms with Crippen LogP contribution in [0.1, 0.15) is 10.4 Å². The molecule has 4 aromatic rings. The fourth-order valence-corrected chi connectivity index (χ4v) is 6.39. The number of nitrogens with zero attached hydrogens (tertiary/aromatic N) is 5. The summed E-state index contributed by atoms with van der Waals surface area (Å²) in [7, 11) is 3.80. The van der Waals surface area contributed by atoms with Crippen molar-refractivity contribution in [1.29, 1.82) is 0 Å². The van der Waals surface area contributed by atoms with Crippen LogP contribution in [0.4, 0.5) is 5.82 Å². The van der Waals surface area contributed by atoms with E-state index in [1.807, 2.05) is 22.8 Å². The minimum absolute atomic E-state index is 0.119. The third kappa shape index (κ3) is 3.75. The summed E-state index contributed by atoms with van der Waals surface area (Å²) in [6.45, 7) is 7.27. The molecule has 0 atom stereocenters. The van der Waals surface area contributed by atoms with Crippen molar-refractivity contribution in [3.8, 4) is 5.75 Å². The molecule has 0 spiro atoms. The maximum Gasteiger partial charge on any atom is 0.262 e. The number of thiophene rings is 1. The first-order chi connectivity index (χ1) is 16.6. The normalized spacial score (nSPS) is 17.5. The van der Waals surface area contributed by atoms with Crippen LogP contribution in [0.25, 0.3) is 21.2 Å². The van der Waals surface area contributed by atoms with Crippen molar-refractivity contribution in [2.45, 2.75) is 19.5 Å². The molecule has 5 heterocycles. The summed E-state index contributed by atoms with van der Waals surface area (Å²) in [6, 6.07) is 5.77. The van der Waals surface area contributed by atoms with Gasteiger partial charge in [-0.25, -0.2) is 4.98 Å². The number of fused-ring (bicyclic) bond motifs is 4. The average Bonchev–Trinajstić information content (AvgIpc) is 3.44. The quantitative estimate of drug-likeness (QED) is 0.456. The lowest BCUT2D eigenvalue weighted by atomic mass is 10.1. The summed E-state index contributed by atoms with van der Waals surface area (Å²) < 4.78 is 12.7. The molecule has 1 aromatic carbocycles. The number of aromatic nitrogens is 3. The SMILES string of the molecule is COc1ccc2onc(N3CC[NH+](CCn4cnc5sc6c(c5c4=O)CCN(C)C6)CC3)c2c1. The second-order valence-corrected chi connectivity index (χ2v) is 10.4. The van der Waals surface area contributed by atoms with Crippen LogP contribution in [-0.4, -0.2) is 73.0 Å². The molecule has 0 aliphatic carbocycles. The van der Waals surface area contributed by atoms with E-state index in [-0.39, 0.29) is 5.56 Å². The number of piperazine rings is 1. The second kappa shape index (κ2) is 8.68. The molecular formula is C24H29N6O3S+. The first-order valence-corrected chi connectivity index (χ1v) is 12.6. The number of nitrogens with one attached hydrogen (secondary N) is 1. The van der Waals surface area contributed by atoms with Crippen molar-refractivity contribution in [3.05, 3.63) is 45.3 Å². The van der Waals surface area contributed by atoms with E-state index in [0.717, 1.165) is 85.0 Å². The Labute approximate surface area is 201 Å². The van der Waals surface area contributed by atoms with Gasteiger partial charge >= 0.3 is 0 Å². The fraction of sp³-hybridized carbons (Fsp3) is 0.458. The molecule has 1 saturated heterocycles. The standard InChI is InChI=1S/C24H28N6O3S/c1-27-6-5-17-20(14-27)34-23-21(17)24(31)30(15-25-23)12-9-28-7-10-29(11-8-28)22-18-13-16(32-2)3-4-19(18)33-26-22/h3-4,13,15H,5-12,14H2,1-2H3/p+1. The van der Waals surface area contributed by atoms with Gasteiger partial charge in [-0.05, 0) is 37.2 Å². The summed E-state index contributed by atoms with van der Waals surface area (Å²) in [5, 5.41) is 6.15. The van der Waals surface area contributed by atoms with Gasteiger partial charge in [-0.2, -0.15) is 0 Å². The number of methoxy groups -OCH3 is 1. The van der Waals surface area contributed by atoms with E-state index in [0.29, 0.717) is 6.54 Å². The number of anilines is 1. The predicted molar refractivity (Wildman–Crippen MR) is 132 cm³/mol. The highest BCUT2D eigenvalue weighted by Crippen LogP contribution is 2.32. The van der Waals surface area contributed by atoms with Crippen LogP contribution in [0.5, 0.6) is 5.75 Å². The van der Waals surface area contributed by atoms with Crippen molar-refractivity contribution in [1.82, 2.24) is 19.6 Å². The summed E-state index contributed by atoms with van der Waals surface area (Å²) in [5.41, 5.74) is 2.12. The van der Waals surface area contributed by atoms with Crippen molar-refractivity contribution in [2.24, 2.45) is 0 Å². The molecule has 3 aromatic heterocycles. The Morgan fingerprint density at radius 1 is 1.24 bits per heavy atom. The Morgan fingerprint density at radius 2 is 2.09 bits per heavy atom. The average molecular weight is 482 g/mol. The molecule has 6 rings (SSSR count). The van der Waals surface area contributed by atoms with Crippen molar-refractivity contribution in [3.63, 3.8) is 0 Å². The highest BCUT2D eigenvalue weighted by molar-refractivity contribution is 7.18. The van der Waals surface area contributed by atoms with Gasteiger partial charge in [-0.1, -0.05) is 5.16 Å². The summed E-state index contributed by atoms with van der Waals surface area (Å²) in [6.07, 6.45) is 2.67. The smallest absolute Gasteiger partial charge is 0.262 e. The van der Waals surface area contributed by atoms with E-state index in [9.17, 15) is 4.79 Å². The van der Waals surface area contributed by atoms with Crippen molar-refractivity contribution >= 4 is 38.3 Å². The Bertz CT molecular complexity index is 1400. The zero-order valence-corrected chi connectivity index (χ0v) is 20.4. The lowest BCUT2D eigenvalue weighted by Gasteiger charge is -2.32. The van der Waals surface area contributed by atoms with Gasteiger partial charge in [-0.15, -0.1) is 11.3 Å². The Balaban J connectivity index is 1.13. The van der Waals surface area contributed by atoms with Crippen LogP contribution in [0.2, 0.25) is 0 Å². The van der Waals surface area contributed by atoms with E-state index < -0.39 is 0 Å². The second-order valence-electron chi connectivity index (χ2n) is 9.27. The molecule has 0 saturated carbocycles. The molecule has 1 fully saturated rings. The summed E-state index contributed by atoms with van der Waals surface area (Å²) in [4.78, 5) is 26.2. The number of ether oxygens (including phenoxy) is 1. The highest BCUT2D eigenvalue weighted by Gasteiger charge is 2.25. The Morgan fingerprint density at radius 3 is 2.91 bits per heavy atom. The maximum absolute atomic E-state index is 13.3. The molecule has 34 heavy (non-hydrogen) atoms. The summed E-state index contributed by atoms with van der Waals surface area (Å²) in [5.74, 6) is 1.68.